The molecule has 0 aliphatic heterocycles. The predicted octanol–water partition coefficient (Wildman–Crippen LogP) is 1.02. The van der Waals surface area contributed by atoms with Gasteiger partial charge in [0.2, 0.25) is 0 Å². The number of aromatic amines is 1. The summed E-state index contributed by atoms with van der Waals surface area (Å²) in [6.07, 6.45) is 1.57. The number of rotatable bonds is 4. The monoisotopic (exact) mass is 245 g/mol. The van der Waals surface area contributed by atoms with Crippen LogP contribution in [0, 0.1) is 0 Å². The van der Waals surface area contributed by atoms with E-state index in [9.17, 15) is 4.79 Å². The van der Waals surface area contributed by atoms with Crippen LogP contribution >= 0.6 is 0 Å². The summed E-state index contributed by atoms with van der Waals surface area (Å²) in [6.45, 7) is 0.456. The molecule has 0 aliphatic carbocycles. The number of nitrogens with one attached hydrogen (secondary N) is 2. The maximum absolute atomic E-state index is 11.7. The maximum Gasteiger partial charge on any atom is 0.268 e. The van der Waals surface area contributed by atoms with Crippen LogP contribution in [-0.2, 0) is 13.2 Å². The SMILES string of the molecule is Nc1c[nH]c(C(=O)NCc2ccc(CO)cc2)c1. The number of aliphatic hydroxyl groups is 1. The van der Waals surface area contributed by atoms with Crippen molar-refractivity contribution >= 4 is 11.6 Å². The quantitative estimate of drug-likeness (QED) is 0.648. The van der Waals surface area contributed by atoms with Crippen LogP contribution in [0.2, 0.25) is 0 Å². The first-order chi connectivity index (χ1) is 8.69. The molecule has 0 atom stereocenters. The summed E-state index contributed by atoms with van der Waals surface area (Å²) >= 11 is 0. The molecule has 1 aromatic carbocycles. The van der Waals surface area contributed by atoms with Gasteiger partial charge in [-0.2, -0.15) is 0 Å². The minimum absolute atomic E-state index is 0.0222. The number of hydrogen-bond donors (Lipinski definition) is 4. The highest BCUT2D eigenvalue weighted by molar-refractivity contribution is 5.93. The number of benzene rings is 1. The number of aliphatic hydroxyl groups excluding tert-OH is 1. The molecule has 0 saturated carbocycles. The Morgan fingerprint density at radius 3 is 2.50 bits per heavy atom. The topological polar surface area (TPSA) is 91.1 Å². The van der Waals surface area contributed by atoms with Crippen molar-refractivity contribution in [2.45, 2.75) is 13.2 Å². The highest BCUT2D eigenvalue weighted by Gasteiger charge is 2.06. The molecule has 0 radical (unpaired) electrons. The number of carbonyl (C=O) groups excluding carboxylic acids is 1. The predicted molar refractivity (Wildman–Crippen MR) is 68.7 cm³/mol. The second kappa shape index (κ2) is 5.37. The Bertz CT molecular complexity index is 531. The van der Waals surface area contributed by atoms with E-state index in [2.05, 4.69) is 10.3 Å². The molecule has 0 bridgehead atoms. The van der Waals surface area contributed by atoms with Gasteiger partial charge in [0.15, 0.2) is 0 Å². The molecule has 5 N–H and O–H groups in total. The van der Waals surface area contributed by atoms with Gasteiger partial charge in [-0.25, -0.2) is 0 Å². The summed E-state index contributed by atoms with van der Waals surface area (Å²) < 4.78 is 0. The van der Waals surface area contributed by atoms with Crippen LogP contribution in [0.5, 0.6) is 0 Å². The van der Waals surface area contributed by atoms with E-state index < -0.39 is 0 Å². The van der Waals surface area contributed by atoms with Gasteiger partial charge in [-0.15, -0.1) is 0 Å². The van der Waals surface area contributed by atoms with Gasteiger partial charge < -0.3 is 21.1 Å². The molecule has 0 aliphatic rings. The Morgan fingerprint density at radius 2 is 1.94 bits per heavy atom. The van der Waals surface area contributed by atoms with Crippen molar-refractivity contribution in [2.24, 2.45) is 0 Å². The largest absolute Gasteiger partial charge is 0.397 e. The van der Waals surface area contributed by atoms with E-state index >= 15 is 0 Å². The van der Waals surface area contributed by atoms with Crippen molar-refractivity contribution in [2.75, 3.05) is 5.73 Å². The van der Waals surface area contributed by atoms with E-state index in [0.717, 1.165) is 11.1 Å². The zero-order chi connectivity index (χ0) is 13.0. The van der Waals surface area contributed by atoms with Gasteiger partial charge in [0.1, 0.15) is 5.69 Å². The van der Waals surface area contributed by atoms with E-state index in [4.69, 9.17) is 10.8 Å². The molecule has 1 aromatic heterocycles. The first-order valence-corrected chi connectivity index (χ1v) is 5.60. The van der Waals surface area contributed by atoms with Gasteiger partial charge in [-0.05, 0) is 17.2 Å². The van der Waals surface area contributed by atoms with Crippen LogP contribution in [0.1, 0.15) is 21.6 Å². The lowest BCUT2D eigenvalue weighted by atomic mass is 10.1. The lowest BCUT2D eigenvalue weighted by molar-refractivity contribution is 0.0946. The second-order valence-corrected chi connectivity index (χ2v) is 4.00. The van der Waals surface area contributed by atoms with Crippen LogP contribution in [0.4, 0.5) is 5.69 Å². The Kier molecular flexibility index (Phi) is 3.64. The normalized spacial score (nSPS) is 10.3. The van der Waals surface area contributed by atoms with Gasteiger partial charge in [-0.3, -0.25) is 4.79 Å². The van der Waals surface area contributed by atoms with Crippen molar-refractivity contribution < 1.29 is 9.90 Å². The van der Waals surface area contributed by atoms with E-state index in [1.54, 1.807) is 12.3 Å². The van der Waals surface area contributed by atoms with Crippen molar-refractivity contribution in [3.05, 3.63) is 53.3 Å². The molecular formula is C13H15N3O2. The minimum Gasteiger partial charge on any atom is -0.397 e. The third kappa shape index (κ3) is 2.89. The number of nitrogen functional groups attached to an aromatic ring is 1. The molecule has 5 nitrogen and oxygen atoms in total. The fourth-order valence-electron chi connectivity index (χ4n) is 1.58. The summed E-state index contributed by atoms with van der Waals surface area (Å²) in [5.41, 5.74) is 8.32. The highest BCUT2D eigenvalue weighted by Crippen LogP contribution is 2.06. The summed E-state index contributed by atoms with van der Waals surface area (Å²) in [5.74, 6) is -0.196. The number of carbonyl (C=O) groups is 1. The molecule has 0 fully saturated rings. The van der Waals surface area contributed by atoms with Crippen LogP contribution < -0.4 is 11.1 Å². The molecule has 1 heterocycles. The fraction of sp³-hybridized carbons (Fsp3) is 0.154. The molecule has 0 unspecified atom stereocenters. The molecule has 18 heavy (non-hydrogen) atoms. The first kappa shape index (κ1) is 12.2. The van der Waals surface area contributed by atoms with Crippen molar-refractivity contribution in [1.29, 1.82) is 0 Å². The van der Waals surface area contributed by atoms with Gasteiger partial charge in [0.25, 0.3) is 5.91 Å². The summed E-state index contributed by atoms with van der Waals surface area (Å²) in [6, 6.07) is 8.98. The van der Waals surface area contributed by atoms with Crippen LogP contribution in [0.3, 0.4) is 0 Å². The van der Waals surface area contributed by atoms with Crippen molar-refractivity contribution in [3.8, 4) is 0 Å². The molecule has 2 rings (SSSR count). The molecule has 94 valence electrons. The van der Waals surface area contributed by atoms with Gasteiger partial charge in [0, 0.05) is 18.4 Å². The maximum atomic E-state index is 11.7. The van der Waals surface area contributed by atoms with Crippen LogP contribution in [0.15, 0.2) is 36.5 Å². The molecular weight excluding hydrogens is 230 g/mol. The standard InChI is InChI=1S/C13H15N3O2/c14-11-5-12(15-7-11)13(18)16-6-9-1-3-10(8-17)4-2-9/h1-5,7,15,17H,6,8,14H2,(H,16,18). The van der Waals surface area contributed by atoms with Crippen molar-refractivity contribution in [3.63, 3.8) is 0 Å². The minimum atomic E-state index is -0.196. The number of hydrogen-bond acceptors (Lipinski definition) is 3. The zero-order valence-electron chi connectivity index (χ0n) is 9.81. The number of H-pyrrole nitrogens is 1. The Labute approximate surface area is 105 Å². The number of amides is 1. The van der Waals surface area contributed by atoms with E-state index in [1.165, 1.54) is 0 Å². The Hall–Kier alpha value is -2.27. The molecule has 0 spiro atoms. The average Bonchev–Trinajstić information content (AvgIpc) is 2.83. The zero-order valence-corrected chi connectivity index (χ0v) is 9.81. The fourth-order valence-corrected chi connectivity index (χ4v) is 1.58. The van der Waals surface area contributed by atoms with Gasteiger partial charge in [-0.1, -0.05) is 24.3 Å². The smallest absolute Gasteiger partial charge is 0.268 e. The van der Waals surface area contributed by atoms with Crippen LogP contribution in [-0.4, -0.2) is 16.0 Å². The lowest BCUT2D eigenvalue weighted by Gasteiger charge is -2.04. The van der Waals surface area contributed by atoms with Gasteiger partial charge in [0.05, 0.1) is 6.61 Å². The third-order valence-corrected chi connectivity index (χ3v) is 2.61. The second-order valence-electron chi connectivity index (χ2n) is 4.00. The summed E-state index contributed by atoms with van der Waals surface area (Å²) in [5, 5.41) is 11.7. The molecule has 1 amide bonds. The Balaban J connectivity index is 1.92. The molecule has 0 saturated heterocycles. The molecule has 2 aromatic rings. The lowest BCUT2D eigenvalue weighted by Crippen LogP contribution is -2.23. The van der Waals surface area contributed by atoms with Crippen LogP contribution in [0.25, 0.3) is 0 Å². The van der Waals surface area contributed by atoms with Crippen molar-refractivity contribution in [1.82, 2.24) is 10.3 Å². The van der Waals surface area contributed by atoms with E-state index in [-0.39, 0.29) is 12.5 Å². The van der Waals surface area contributed by atoms with E-state index in [0.29, 0.717) is 17.9 Å². The number of anilines is 1. The Morgan fingerprint density at radius 1 is 1.28 bits per heavy atom. The van der Waals surface area contributed by atoms with E-state index in [1.807, 2.05) is 24.3 Å². The summed E-state index contributed by atoms with van der Waals surface area (Å²) in [4.78, 5) is 14.5. The highest BCUT2D eigenvalue weighted by atomic mass is 16.3. The number of aromatic nitrogens is 1. The molecule has 5 heteroatoms. The first-order valence-electron chi connectivity index (χ1n) is 5.60. The third-order valence-electron chi connectivity index (χ3n) is 2.61. The number of nitrogens with two attached hydrogens (primary N) is 1. The average molecular weight is 245 g/mol. The van der Waals surface area contributed by atoms with Gasteiger partial charge >= 0.3 is 0 Å². The summed E-state index contributed by atoms with van der Waals surface area (Å²) in [7, 11) is 0.